The minimum absolute atomic E-state index is 0.707. The summed E-state index contributed by atoms with van der Waals surface area (Å²) in [7, 11) is 0. The van der Waals surface area contributed by atoms with Crippen LogP contribution in [0.15, 0.2) is 211 Å². The number of benzene rings is 10. The second kappa shape index (κ2) is 13.4. The molecule has 0 atom stereocenters. The number of hydrogen-bond acceptors (Lipinski definition) is 3. The van der Waals surface area contributed by atoms with Crippen molar-refractivity contribution in [1.29, 1.82) is 0 Å². The zero-order valence-electron chi connectivity index (χ0n) is 31.9. The standard InChI is InChI=1S/C56H34N2O/c1-3-14-36(15-4-1)51-34-52(58-56(57-51)38-16-5-2-6-17-38)37-28-26-35(27-29-37)48-33-50-54-40(24-13-25-53(54)59-55(50)47-23-12-11-22-45(47)48)39-30-31-46-43-20-8-7-18-41(43)42-19-9-10-21-44(42)49(46)32-39/h1-34H. The van der Waals surface area contributed by atoms with Gasteiger partial charge in [0.25, 0.3) is 0 Å². The van der Waals surface area contributed by atoms with Crippen LogP contribution in [0, 0.1) is 0 Å². The zero-order chi connectivity index (χ0) is 38.9. The van der Waals surface area contributed by atoms with Gasteiger partial charge in [-0.3, -0.25) is 0 Å². The van der Waals surface area contributed by atoms with E-state index in [0.29, 0.717) is 5.82 Å². The minimum atomic E-state index is 0.707. The molecule has 12 aromatic rings. The lowest BCUT2D eigenvalue weighted by Gasteiger charge is -2.13. The lowest BCUT2D eigenvalue weighted by atomic mass is 9.90. The summed E-state index contributed by atoms with van der Waals surface area (Å²) in [5.41, 5.74) is 11.2. The fraction of sp³-hybridized carbons (Fsp3) is 0. The maximum Gasteiger partial charge on any atom is 0.160 e. The molecule has 10 aromatic carbocycles. The highest BCUT2D eigenvalue weighted by Crippen LogP contribution is 2.45. The van der Waals surface area contributed by atoms with E-state index in [1.807, 2.05) is 36.4 Å². The van der Waals surface area contributed by atoms with Crippen LogP contribution in [0.25, 0.3) is 121 Å². The highest BCUT2D eigenvalue weighted by molar-refractivity contribution is 6.27. The Morgan fingerprint density at radius 2 is 0.797 bits per heavy atom. The van der Waals surface area contributed by atoms with Crippen molar-refractivity contribution >= 4 is 65.0 Å². The molecular weight excluding hydrogens is 717 g/mol. The van der Waals surface area contributed by atoms with E-state index < -0.39 is 0 Å². The molecule has 3 nitrogen and oxygen atoms in total. The van der Waals surface area contributed by atoms with E-state index in [9.17, 15) is 0 Å². The number of rotatable bonds is 5. The van der Waals surface area contributed by atoms with Crippen molar-refractivity contribution in [2.24, 2.45) is 0 Å². The normalized spacial score (nSPS) is 11.7. The van der Waals surface area contributed by atoms with E-state index in [-0.39, 0.29) is 0 Å². The maximum atomic E-state index is 6.79. The number of hydrogen-bond donors (Lipinski definition) is 0. The van der Waals surface area contributed by atoms with Gasteiger partial charge in [-0.15, -0.1) is 0 Å². The Morgan fingerprint density at radius 1 is 0.288 bits per heavy atom. The van der Waals surface area contributed by atoms with Crippen molar-refractivity contribution in [3.8, 4) is 56.2 Å². The molecule has 0 aliphatic heterocycles. The van der Waals surface area contributed by atoms with Crippen molar-refractivity contribution in [2.45, 2.75) is 0 Å². The predicted octanol–water partition coefficient (Wildman–Crippen LogP) is 15.3. The van der Waals surface area contributed by atoms with E-state index in [2.05, 4.69) is 170 Å². The summed E-state index contributed by atoms with van der Waals surface area (Å²) in [6.07, 6.45) is 0. The second-order valence-electron chi connectivity index (χ2n) is 15.3. The van der Waals surface area contributed by atoms with Crippen molar-refractivity contribution in [3.05, 3.63) is 206 Å². The first-order chi connectivity index (χ1) is 29.2. The molecule has 0 radical (unpaired) electrons. The number of nitrogens with zero attached hydrogens (tertiary/aromatic N) is 2. The molecule has 0 bridgehead atoms. The van der Waals surface area contributed by atoms with Crippen molar-refractivity contribution in [2.75, 3.05) is 0 Å². The third-order valence-corrected chi connectivity index (χ3v) is 11.9. The van der Waals surface area contributed by atoms with Gasteiger partial charge in [-0.1, -0.05) is 182 Å². The van der Waals surface area contributed by atoms with Crippen LogP contribution in [-0.4, -0.2) is 9.97 Å². The Kier molecular flexibility index (Phi) is 7.54. The van der Waals surface area contributed by atoms with Crippen LogP contribution in [0.2, 0.25) is 0 Å². The molecule has 0 aliphatic rings. The van der Waals surface area contributed by atoms with Crippen LogP contribution in [-0.2, 0) is 0 Å². The van der Waals surface area contributed by atoms with Gasteiger partial charge in [0.1, 0.15) is 11.2 Å². The Hall–Kier alpha value is -7.88. The van der Waals surface area contributed by atoms with Gasteiger partial charge >= 0.3 is 0 Å². The number of furan rings is 1. The first-order valence-electron chi connectivity index (χ1n) is 20.1. The highest BCUT2D eigenvalue weighted by atomic mass is 16.3. The molecule has 2 aromatic heterocycles. The smallest absolute Gasteiger partial charge is 0.160 e. The van der Waals surface area contributed by atoms with Gasteiger partial charge in [-0.2, -0.15) is 0 Å². The van der Waals surface area contributed by atoms with Gasteiger partial charge < -0.3 is 4.42 Å². The molecule has 0 aliphatic carbocycles. The van der Waals surface area contributed by atoms with E-state index in [4.69, 9.17) is 14.4 Å². The molecule has 3 heteroatoms. The summed E-state index contributed by atoms with van der Waals surface area (Å²) < 4.78 is 6.79. The predicted molar refractivity (Wildman–Crippen MR) is 247 cm³/mol. The van der Waals surface area contributed by atoms with Gasteiger partial charge in [0.05, 0.1) is 11.4 Å². The molecule has 274 valence electrons. The van der Waals surface area contributed by atoms with E-state index in [0.717, 1.165) is 77.5 Å². The average molecular weight is 751 g/mol. The zero-order valence-corrected chi connectivity index (χ0v) is 31.9. The van der Waals surface area contributed by atoms with Gasteiger partial charge in [0.2, 0.25) is 0 Å². The van der Waals surface area contributed by atoms with Gasteiger partial charge in [-0.05, 0) is 84.2 Å². The van der Waals surface area contributed by atoms with Crippen LogP contribution in [0.1, 0.15) is 0 Å². The van der Waals surface area contributed by atoms with Crippen molar-refractivity contribution in [1.82, 2.24) is 9.97 Å². The fourth-order valence-corrected chi connectivity index (χ4v) is 9.09. The van der Waals surface area contributed by atoms with Crippen LogP contribution >= 0.6 is 0 Å². The topological polar surface area (TPSA) is 38.9 Å². The molecule has 0 amide bonds. The fourth-order valence-electron chi connectivity index (χ4n) is 9.09. The molecule has 2 heterocycles. The summed E-state index contributed by atoms with van der Waals surface area (Å²) in [6.45, 7) is 0. The van der Waals surface area contributed by atoms with E-state index in [1.165, 1.54) is 37.9 Å². The average Bonchev–Trinajstić information content (AvgIpc) is 3.71. The molecule has 0 fully saturated rings. The van der Waals surface area contributed by atoms with Crippen LogP contribution in [0.3, 0.4) is 0 Å². The third kappa shape index (κ3) is 5.44. The lowest BCUT2D eigenvalue weighted by Crippen LogP contribution is -1.95. The van der Waals surface area contributed by atoms with E-state index in [1.54, 1.807) is 0 Å². The molecule has 0 unspecified atom stereocenters. The molecular formula is C56H34N2O. The Balaban J connectivity index is 1.02. The van der Waals surface area contributed by atoms with Crippen molar-refractivity contribution < 1.29 is 4.42 Å². The lowest BCUT2D eigenvalue weighted by molar-refractivity contribution is 0.673. The third-order valence-electron chi connectivity index (χ3n) is 11.9. The Labute approximate surface area is 340 Å². The molecule has 59 heavy (non-hydrogen) atoms. The monoisotopic (exact) mass is 750 g/mol. The summed E-state index contributed by atoms with van der Waals surface area (Å²) in [5, 5.41) is 12.1. The van der Waals surface area contributed by atoms with Crippen molar-refractivity contribution in [3.63, 3.8) is 0 Å². The minimum Gasteiger partial charge on any atom is -0.455 e. The second-order valence-corrected chi connectivity index (χ2v) is 15.3. The van der Waals surface area contributed by atoms with Gasteiger partial charge in [0, 0.05) is 32.8 Å². The summed E-state index contributed by atoms with van der Waals surface area (Å²) >= 11 is 0. The SMILES string of the molecule is c1ccc(-c2cc(-c3ccc(-c4cc5c(oc6cccc(-c7ccc8c9ccccc9c9ccccc9c8c7)c65)c5ccccc45)cc3)nc(-c3ccccc3)n2)cc1. The van der Waals surface area contributed by atoms with E-state index >= 15 is 0 Å². The molecule has 0 spiro atoms. The summed E-state index contributed by atoms with van der Waals surface area (Å²) in [4.78, 5) is 10.1. The van der Waals surface area contributed by atoms with Crippen LogP contribution in [0.4, 0.5) is 0 Å². The van der Waals surface area contributed by atoms with Gasteiger partial charge in [-0.25, -0.2) is 9.97 Å². The van der Waals surface area contributed by atoms with Crippen LogP contribution < -0.4 is 0 Å². The quantitative estimate of drug-likeness (QED) is 0.164. The largest absolute Gasteiger partial charge is 0.455 e. The summed E-state index contributed by atoms with van der Waals surface area (Å²) in [6, 6.07) is 73.3. The maximum absolute atomic E-state index is 6.79. The first-order valence-corrected chi connectivity index (χ1v) is 20.1. The number of aromatic nitrogens is 2. The molecule has 12 rings (SSSR count). The Morgan fingerprint density at radius 3 is 1.46 bits per heavy atom. The highest BCUT2D eigenvalue weighted by Gasteiger charge is 2.19. The Bertz CT molecular complexity index is 3500. The van der Waals surface area contributed by atoms with Crippen LogP contribution in [0.5, 0.6) is 0 Å². The molecule has 0 saturated heterocycles. The first kappa shape index (κ1) is 33.3. The molecule has 0 N–H and O–H groups in total. The summed E-state index contributed by atoms with van der Waals surface area (Å²) in [5.74, 6) is 0.707. The molecule has 0 saturated carbocycles. The van der Waals surface area contributed by atoms with Gasteiger partial charge in [0.15, 0.2) is 5.82 Å². The number of fused-ring (bicyclic) bond motifs is 11.